The zero-order valence-corrected chi connectivity index (χ0v) is 20.5. The highest BCUT2D eigenvalue weighted by molar-refractivity contribution is 5.95. The van der Waals surface area contributed by atoms with Crippen LogP contribution in [-0.2, 0) is 13.0 Å². The van der Waals surface area contributed by atoms with Crippen LogP contribution in [0.5, 0.6) is 0 Å². The molecule has 0 aliphatic carbocycles. The summed E-state index contributed by atoms with van der Waals surface area (Å²) in [6, 6.07) is 12.0. The molecular weight excluding hydrogens is 408 g/mol. The minimum absolute atomic E-state index is 0.298. The third-order valence-corrected chi connectivity index (χ3v) is 6.19. The van der Waals surface area contributed by atoms with Crippen molar-refractivity contribution in [1.29, 1.82) is 0 Å². The van der Waals surface area contributed by atoms with Crippen molar-refractivity contribution in [3.05, 3.63) is 86.7 Å². The Morgan fingerprint density at radius 2 is 1.64 bits per heavy atom. The van der Waals surface area contributed by atoms with Crippen LogP contribution in [0.15, 0.2) is 36.4 Å². The summed E-state index contributed by atoms with van der Waals surface area (Å²) in [7, 11) is 0. The second-order valence-corrected chi connectivity index (χ2v) is 9.19. The molecule has 0 radical (unpaired) electrons. The van der Waals surface area contributed by atoms with Gasteiger partial charge >= 0.3 is 5.97 Å². The first-order valence-corrected chi connectivity index (χ1v) is 11.4. The van der Waals surface area contributed by atoms with Crippen molar-refractivity contribution in [3.63, 3.8) is 0 Å². The van der Waals surface area contributed by atoms with Crippen LogP contribution in [-0.4, -0.2) is 16.1 Å². The van der Waals surface area contributed by atoms with E-state index in [9.17, 15) is 9.90 Å². The number of rotatable bonds is 7. The van der Waals surface area contributed by atoms with Crippen molar-refractivity contribution in [2.75, 3.05) is 0 Å². The number of pyridine rings is 1. The normalized spacial score (nSPS) is 11.5. The number of benzene rings is 2. The molecule has 0 amide bonds. The van der Waals surface area contributed by atoms with E-state index in [0.29, 0.717) is 18.0 Å². The van der Waals surface area contributed by atoms with E-state index >= 15 is 0 Å². The first kappa shape index (κ1) is 24.4. The third kappa shape index (κ3) is 5.23. The summed E-state index contributed by atoms with van der Waals surface area (Å²) in [6.07, 6.45) is 4.77. The summed E-state index contributed by atoms with van der Waals surface area (Å²) in [5.41, 5.74) is 16.7. The Kier molecular flexibility index (Phi) is 7.50. The number of aryl methyl sites for hydroxylation is 3. The average molecular weight is 443 g/mol. The van der Waals surface area contributed by atoms with Crippen LogP contribution in [0.3, 0.4) is 0 Å². The molecule has 0 saturated heterocycles. The van der Waals surface area contributed by atoms with Crippen molar-refractivity contribution in [3.8, 4) is 11.1 Å². The van der Waals surface area contributed by atoms with Crippen molar-refractivity contribution in [2.45, 2.75) is 54.5 Å². The largest absolute Gasteiger partial charge is 0.478 e. The quantitative estimate of drug-likeness (QED) is 0.437. The highest BCUT2D eigenvalue weighted by atomic mass is 16.4. The molecule has 0 bridgehead atoms. The Hall–Kier alpha value is -3.24. The molecular formula is C29H34N2O2. The topological polar surface area (TPSA) is 76.2 Å². The van der Waals surface area contributed by atoms with Crippen molar-refractivity contribution >= 4 is 18.1 Å². The third-order valence-electron chi connectivity index (χ3n) is 6.19. The molecule has 0 fully saturated rings. The fraction of sp³-hybridized carbons (Fsp3) is 0.310. The number of nitrogens with two attached hydrogens (primary N) is 1. The molecule has 3 aromatic rings. The van der Waals surface area contributed by atoms with Gasteiger partial charge in [-0.3, -0.25) is 4.98 Å². The molecule has 1 aromatic heterocycles. The maximum Gasteiger partial charge on any atom is 0.336 e. The van der Waals surface area contributed by atoms with Gasteiger partial charge in [0.25, 0.3) is 0 Å². The molecule has 0 atom stereocenters. The fourth-order valence-electron chi connectivity index (χ4n) is 4.25. The molecule has 2 aromatic carbocycles. The van der Waals surface area contributed by atoms with Gasteiger partial charge in [-0.2, -0.15) is 0 Å². The monoisotopic (exact) mass is 442 g/mol. The second kappa shape index (κ2) is 10.1. The zero-order chi connectivity index (χ0) is 24.3. The van der Waals surface area contributed by atoms with Crippen LogP contribution in [0.2, 0.25) is 0 Å². The molecule has 1 heterocycles. The van der Waals surface area contributed by atoms with Crippen LogP contribution in [0, 0.1) is 33.6 Å². The molecule has 3 rings (SSSR count). The van der Waals surface area contributed by atoms with E-state index in [-0.39, 0.29) is 0 Å². The summed E-state index contributed by atoms with van der Waals surface area (Å²) in [6.45, 7) is 12.8. The first-order valence-electron chi connectivity index (χ1n) is 11.4. The SMILES string of the molecule is Cc1ccc(-c2c(/C=C/c3c(C(=O)O)ccc(C)c3C)c(C)nc(CC(C)C)c2CN)cc1. The van der Waals surface area contributed by atoms with Crippen LogP contribution in [0.1, 0.15) is 69.0 Å². The predicted octanol–water partition coefficient (Wildman–Crippen LogP) is 6.51. The van der Waals surface area contributed by atoms with E-state index in [0.717, 1.165) is 56.8 Å². The number of carboxylic acid groups (broad SMARTS) is 1. The first-order chi connectivity index (χ1) is 15.6. The molecule has 172 valence electrons. The molecule has 4 heteroatoms. The minimum atomic E-state index is -0.929. The van der Waals surface area contributed by atoms with E-state index in [4.69, 9.17) is 10.7 Å². The lowest BCUT2D eigenvalue weighted by Gasteiger charge is -2.20. The van der Waals surface area contributed by atoms with Gasteiger partial charge in [-0.15, -0.1) is 0 Å². The van der Waals surface area contributed by atoms with E-state index in [1.165, 1.54) is 5.56 Å². The lowest BCUT2D eigenvalue weighted by molar-refractivity contribution is 0.0696. The highest BCUT2D eigenvalue weighted by Gasteiger charge is 2.19. The number of hydrogen-bond acceptors (Lipinski definition) is 3. The van der Waals surface area contributed by atoms with E-state index in [2.05, 4.69) is 45.0 Å². The molecule has 0 aliphatic rings. The van der Waals surface area contributed by atoms with Gasteiger partial charge in [0.1, 0.15) is 0 Å². The average Bonchev–Trinajstić information content (AvgIpc) is 2.75. The summed E-state index contributed by atoms with van der Waals surface area (Å²) in [5, 5.41) is 9.73. The summed E-state index contributed by atoms with van der Waals surface area (Å²) < 4.78 is 0. The molecule has 0 aliphatic heterocycles. The number of carbonyl (C=O) groups is 1. The fourth-order valence-corrected chi connectivity index (χ4v) is 4.25. The van der Waals surface area contributed by atoms with Crippen LogP contribution < -0.4 is 5.73 Å². The smallest absolute Gasteiger partial charge is 0.336 e. The van der Waals surface area contributed by atoms with E-state index in [1.807, 2.05) is 39.0 Å². The van der Waals surface area contributed by atoms with Crippen molar-refractivity contribution < 1.29 is 9.90 Å². The molecule has 0 unspecified atom stereocenters. The van der Waals surface area contributed by atoms with Gasteiger partial charge in [0.15, 0.2) is 0 Å². The van der Waals surface area contributed by atoms with Gasteiger partial charge in [-0.1, -0.05) is 61.9 Å². The number of nitrogens with zero attached hydrogens (tertiary/aromatic N) is 1. The summed E-state index contributed by atoms with van der Waals surface area (Å²) in [5.74, 6) is -0.469. The second-order valence-electron chi connectivity index (χ2n) is 9.19. The predicted molar refractivity (Wildman–Crippen MR) is 137 cm³/mol. The lowest BCUT2D eigenvalue weighted by atomic mass is 9.89. The van der Waals surface area contributed by atoms with Gasteiger partial charge < -0.3 is 10.8 Å². The van der Waals surface area contributed by atoms with Gasteiger partial charge in [0, 0.05) is 23.5 Å². The van der Waals surface area contributed by atoms with Crippen LogP contribution in [0.25, 0.3) is 23.3 Å². The Morgan fingerprint density at radius 1 is 1.00 bits per heavy atom. The Bertz CT molecular complexity index is 1210. The highest BCUT2D eigenvalue weighted by Crippen LogP contribution is 2.34. The van der Waals surface area contributed by atoms with Crippen molar-refractivity contribution in [1.82, 2.24) is 4.98 Å². The van der Waals surface area contributed by atoms with Gasteiger partial charge in [0.05, 0.1) is 5.56 Å². The van der Waals surface area contributed by atoms with Gasteiger partial charge in [0.2, 0.25) is 0 Å². The standard InChI is InChI=1S/C29H34N2O2/c1-17(2)15-27-26(16-30)28(22-10-7-18(3)8-11-22)24(21(6)31-27)14-13-23-20(5)19(4)9-12-25(23)29(32)33/h7-14,17H,15-16,30H2,1-6H3,(H,32,33)/b14-13+. The van der Waals surface area contributed by atoms with E-state index in [1.54, 1.807) is 6.07 Å². The number of aromatic carboxylic acids is 1. The summed E-state index contributed by atoms with van der Waals surface area (Å²) >= 11 is 0. The maximum atomic E-state index is 11.9. The molecule has 4 nitrogen and oxygen atoms in total. The van der Waals surface area contributed by atoms with Gasteiger partial charge in [-0.05, 0) is 79.5 Å². The summed E-state index contributed by atoms with van der Waals surface area (Å²) in [4.78, 5) is 16.8. The molecule has 33 heavy (non-hydrogen) atoms. The number of hydrogen-bond donors (Lipinski definition) is 2. The van der Waals surface area contributed by atoms with Crippen LogP contribution >= 0.6 is 0 Å². The maximum absolute atomic E-state index is 11.9. The number of aromatic nitrogens is 1. The minimum Gasteiger partial charge on any atom is -0.478 e. The zero-order valence-electron chi connectivity index (χ0n) is 20.5. The molecule has 3 N–H and O–H groups in total. The Balaban J connectivity index is 2.29. The molecule has 0 saturated carbocycles. The van der Waals surface area contributed by atoms with Crippen LogP contribution in [0.4, 0.5) is 0 Å². The Labute approximate surface area is 197 Å². The van der Waals surface area contributed by atoms with E-state index < -0.39 is 5.97 Å². The van der Waals surface area contributed by atoms with Crippen molar-refractivity contribution in [2.24, 2.45) is 11.7 Å². The lowest BCUT2D eigenvalue weighted by Crippen LogP contribution is -2.12. The number of carboxylic acids is 1. The van der Waals surface area contributed by atoms with Gasteiger partial charge in [-0.25, -0.2) is 4.79 Å². The molecule has 0 spiro atoms. The Morgan fingerprint density at radius 3 is 2.21 bits per heavy atom.